The van der Waals surface area contributed by atoms with Crippen molar-refractivity contribution in [2.45, 2.75) is 65.7 Å². The molecule has 2 aliphatic rings. The number of thiophene rings is 1. The number of carbonyl (C=O) groups is 1. The third-order valence-electron chi connectivity index (χ3n) is 6.01. The highest BCUT2D eigenvalue weighted by Gasteiger charge is 2.31. The Hall–Kier alpha value is -1.69. The number of fused-ring (bicyclic) bond motifs is 3. The molecule has 4 rings (SSSR count). The molecule has 0 radical (unpaired) electrons. The van der Waals surface area contributed by atoms with Gasteiger partial charge < -0.3 is 9.64 Å². The third kappa shape index (κ3) is 3.63. The van der Waals surface area contributed by atoms with Crippen molar-refractivity contribution in [2.75, 3.05) is 24.6 Å². The number of ether oxygens (including phenoxy) is 1. The van der Waals surface area contributed by atoms with Crippen LogP contribution in [0.1, 0.15) is 69.1 Å². The molecule has 2 aromatic rings. The second-order valence-electron chi connectivity index (χ2n) is 8.63. The van der Waals surface area contributed by atoms with Gasteiger partial charge in [0.25, 0.3) is 0 Å². The van der Waals surface area contributed by atoms with Crippen LogP contribution in [-0.2, 0) is 22.4 Å². The van der Waals surface area contributed by atoms with Crippen LogP contribution in [0.2, 0.25) is 0 Å². The van der Waals surface area contributed by atoms with Gasteiger partial charge in [0.05, 0.1) is 17.9 Å². The van der Waals surface area contributed by atoms with E-state index in [1.54, 1.807) is 0 Å². The van der Waals surface area contributed by atoms with Gasteiger partial charge in [-0.05, 0) is 50.5 Å². The van der Waals surface area contributed by atoms with Crippen molar-refractivity contribution >= 4 is 33.3 Å². The molecule has 1 aliphatic carbocycles. The van der Waals surface area contributed by atoms with E-state index >= 15 is 0 Å². The number of hydrogen-bond acceptors (Lipinski definition) is 6. The molecule has 0 N–H and O–H groups in total. The summed E-state index contributed by atoms with van der Waals surface area (Å²) in [5, 5.41) is 1.25. The van der Waals surface area contributed by atoms with Gasteiger partial charge in [-0.1, -0.05) is 20.8 Å². The van der Waals surface area contributed by atoms with Gasteiger partial charge in [-0.15, -0.1) is 11.3 Å². The predicted molar refractivity (Wildman–Crippen MR) is 114 cm³/mol. The van der Waals surface area contributed by atoms with E-state index in [0.29, 0.717) is 13.2 Å². The van der Waals surface area contributed by atoms with Gasteiger partial charge in [0, 0.05) is 23.9 Å². The Morgan fingerprint density at radius 2 is 2.14 bits per heavy atom. The lowest BCUT2D eigenvalue weighted by molar-refractivity contribution is -0.148. The molecule has 5 nitrogen and oxygen atoms in total. The van der Waals surface area contributed by atoms with E-state index in [4.69, 9.17) is 14.7 Å². The molecule has 0 amide bonds. The highest BCUT2D eigenvalue weighted by atomic mass is 32.1. The fourth-order valence-electron chi connectivity index (χ4n) is 4.45. The first kappa shape index (κ1) is 19.6. The Bertz CT molecular complexity index is 876. The van der Waals surface area contributed by atoms with Crippen LogP contribution in [0.4, 0.5) is 5.82 Å². The van der Waals surface area contributed by atoms with Crippen LogP contribution in [0.5, 0.6) is 0 Å². The van der Waals surface area contributed by atoms with Crippen LogP contribution < -0.4 is 4.90 Å². The molecule has 0 bridgehead atoms. The minimum absolute atomic E-state index is 0.0595. The van der Waals surface area contributed by atoms with Crippen molar-refractivity contribution in [2.24, 2.45) is 11.8 Å². The summed E-state index contributed by atoms with van der Waals surface area (Å²) in [5.41, 5.74) is 1.46. The molecule has 2 unspecified atom stereocenters. The largest absolute Gasteiger partial charge is 0.466 e. The number of aromatic nitrogens is 2. The van der Waals surface area contributed by atoms with Crippen LogP contribution >= 0.6 is 11.3 Å². The van der Waals surface area contributed by atoms with Crippen molar-refractivity contribution in [3.8, 4) is 0 Å². The highest BCUT2D eigenvalue weighted by molar-refractivity contribution is 7.19. The predicted octanol–water partition coefficient (Wildman–Crippen LogP) is 4.72. The second-order valence-corrected chi connectivity index (χ2v) is 9.71. The van der Waals surface area contributed by atoms with E-state index in [2.05, 4.69) is 25.7 Å². The molecule has 0 saturated carbocycles. The summed E-state index contributed by atoms with van der Waals surface area (Å²) in [6.07, 6.45) is 5.39. The van der Waals surface area contributed by atoms with Gasteiger partial charge >= 0.3 is 5.97 Å². The minimum Gasteiger partial charge on any atom is -0.466 e. The van der Waals surface area contributed by atoms with Crippen molar-refractivity contribution in [3.05, 3.63) is 16.3 Å². The number of esters is 1. The van der Waals surface area contributed by atoms with Crippen LogP contribution in [0.15, 0.2) is 0 Å². The molecule has 6 heteroatoms. The Morgan fingerprint density at radius 1 is 1.32 bits per heavy atom. The van der Waals surface area contributed by atoms with Crippen LogP contribution in [0, 0.1) is 11.8 Å². The standard InChI is InChI=1S/C22H31N3O2S/c1-5-27-22(26)15-7-6-10-25(12-15)20-18-16-9-8-14(4)11-17(16)28-21(18)24-19(23-20)13(2)3/h13-15H,5-12H2,1-4H3. The zero-order chi connectivity index (χ0) is 19.8. The zero-order valence-electron chi connectivity index (χ0n) is 17.5. The van der Waals surface area contributed by atoms with Gasteiger partial charge in [0.2, 0.25) is 0 Å². The first-order valence-electron chi connectivity index (χ1n) is 10.7. The van der Waals surface area contributed by atoms with E-state index in [0.717, 1.165) is 54.6 Å². The molecule has 0 aromatic carbocycles. The monoisotopic (exact) mass is 401 g/mol. The number of nitrogens with zero attached hydrogens (tertiary/aromatic N) is 3. The fourth-order valence-corrected chi connectivity index (χ4v) is 5.83. The summed E-state index contributed by atoms with van der Waals surface area (Å²) in [6, 6.07) is 0. The van der Waals surface area contributed by atoms with Gasteiger partial charge in [-0.2, -0.15) is 0 Å². The van der Waals surface area contributed by atoms with E-state index in [-0.39, 0.29) is 17.8 Å². The number of aryl methyl sites for hydroxylation is 1. The summed E-state index contributed by atoms with van der Waals surface area (Å²) in [7, 11) is 0. The van der Waals surface area contributed by atoms with Crippen LogP contribution in [0.25, 0.3) is 10.2 Å². The summed E-state index contributed by atoms with van der Waals surface area (Å²) >= 11 is 1.86. The van der Waals surface area contributed by atoms with E-state index in [9.17, 15) is 4.79 Å². The number of rotatable bonds is 4. The number of hydrogen-bond donors (Lipinski definition) is 0. The molecule has 2 aromatic heterocycles. The lowest BCUT2D eigenvalue weighted by Gasteiger charge is -2.33. The summed E-state index contributed by atoms with van der Waals surface area (Å²) in [4.78, 5) is 27.3. The first-order valence-corrected chi connectivity index (χ1v) is 11.5. The molecule has 28 heavy (non-hydrogen) atoms. The quantitative estimate of drug-likeness (QED) is 0.694. The fraction of sp³-hybridized carbons (Fsp3) is 0.682. The summed E-state index contributed by atoms with van der Waals surface area (Å²) in [6.45, 7) is 10.6. The topological polar surface area (TPSA) is 55.3 Å². The maximum atomic E-state index is 12.4. The van der Waals surface area contributed by atoms with Gasteiger partial charge in [0.15, 0.2) is 0 Å². The van der Waals surface area contributed by atoms with Crippen LogP contribution in [0.3, 0.4) is 0 Å². The van der Waals surface area contributed by atoms with E-state index in [1.807, 2.05) is 18.3 Å². The highest BCUT2D eigenvalue weighted by Crippen LogP contribution is 2.42. The molecule has 0 spiro atoms. The summed E-state index contributed by atoms with van der Waals surface area (Å²) < 4.78 is 5.31. The van der Waals surface area contributed by atoms with Crippen LogP contribution in [-0.4, -0.2) is 35.6 Å². The normalized spacial score (nSPS) is 22.5. The molecule has 1 fully saturated rings. The number of piperidine rings is 1. The maximum absolute atomic E-state index is 12.4. The van der Waals surface area contributed by atoms with Crippen molar-refractivity contribution in [1.29, 1.82) is 0 Å². The maximum Gasteiger partial charge on any atom is 0.310 e. The van der Waals surface area contributed by atoms with Gasteiger partial charge in [-0.25, -0.2) is 9.97 Å². The minimum atomic E-state index is -0.0669. The molecular weight excluding hydrogens is 370 g/mol. The SMILES string of the molecule is CCOC(=O)C1CCCN(c2nc(C(C)C)nc3sc4c(c23)CCC(C)C4)C1. The molecule has 2 atom stereocenters. The summed E-state index contributed by atoms with van der Waals surface area (Å²) in [5.74, 6) is 2.86. The van der Waals surface area contributed by atoms with Crippen molar-refractivity contribution in [3.63, 3.8) is 0 Å². The number of anilines is 1. The van der Waals surface area contributed by atoms with Gasteiger partial charge in [0.1, 0.15) is 16.5 Å². The average Bonchev–Trinajstić information content (AvgIpc) is 3.04. The van der Waals surface area contributed by atoms with E-state index in [1.165, 1.54) is 22.2 Å². The Labute approximate surface area is 171 Å². The molecule has 1 saturated heterocycles. The lowest BCUT2D eigenvalue weighted by Crippen LogP contribution is -2.40. The smallest absolute Gasteiger partial charge is 0.310 e. The zero-order valence-corrected chi connectivity index (χ0v) is 18.3. The van der Waals surface area contributed by atoms with E-state index < -0.39 is 0 Å². The Kier molecular flexibility index (Phi) is 5.59. The van der Waals surface area contributed by atoms with Crippen molar-refractivity contribution < 1.29 is 9.53 Å². The Morgan fingerprint density at radius 3 is 2.89 bits per heavy atom. The third-order valence-corrected chi connectivity index (χ3v) is 7.16. The number of carbonyl (C=O) groups excluding carboxylic acids is 1. The Balaban J connectivity index is 1.77. The second kappa shape index (κ2) is 7.97. The lowest BCUT2D eigenvalue weighted by atomic mass is 9.89. The first-order chi connectivity index (χ1) is 13.5. The molecule has 152 valence electrons. The van der Waals surface area contributed by atoms with Gasteiger partial charge in [-0.3, -0.25) is 4.79 Å². The molecular formula is C22H31N3O2S. The molecule has 3 heterocycles. The molecule has 1 aliphatic heterocycles. The van der Waals surface area contributed by atoms with Crippen molar-refractivity contribution in [1.82, 2.24) is 9.97 Å². The average molecular weight is 402 g/mol.